The molecule has 0 aliphatic carbocycles. The number of aliphatic imine (C=N–C) groups is 1. The minimum atomic E-state index is 0.0631. The van der Waals surface area contributed by atoms with Crippen LogP contribution in [0.3, 0.4) is 0 Å². The molecule has 0 aromatic rings. The highest BCUT2D eigenvalue weighted by molar-refractivity contribution is 5.79. The van der Waals surface area contributed by atoms with E-state index in [1.807, 2.05) is 6.92 Å². The van der Waals surface area contributed by atoms with Crippen LogP contribution in [0.1, 0.15) is 39.5 Å². The van der Waals surface area contributed by atoms with E-state index in [9.17, 15) is 0 Å². The Balaban J connectivity index is 3.86. The zero-order valence-electron chi connectivity index (χ0n) is 13.7. The minimum Gasteiger partial charge on any atom is -0.394 e. The summed E-state index contributed by atoms with van der Waals surface area (Å²) in [6.07, 6.45) is 4.52. The highest BCUT2D eigenvalue weighted by Gasteiger charge is 1.98. The first-order valence-corrected chi connectivity index (χ1v) is 8.13. The van der Waals surface area contributed by atoms with Gasteiger partial charge in [-0.25, -0.2) is 0 Å². The van der Waals surface area contributed by atoms with E-state index in [1.54, 1.807) is 0 Å². The van der Waals surface area contributed by atoms with Crippen LogP contribution in [-0.4, -0.2) is 63.7 Å². The van der Waals surface area contributed by atoms with Gasteiger partial charge in [0.15, 0.2) is 5.96 Å². The first kappa shape index (κ1) is 20.1. The van der Waals surface area contributed by atoms with Crippen LogP contribution in [0.15, 0.2) is 4.99 Å². The van der Waals surface area contributed by atoms with Crippen LogP contribution in [0.2, 0.25) is 0 Å². The third-order valence-corrected chi connectivity index (χ3v) is 2.77. The van der Waals surface area contributed by atoms with Gasteiger partial charge in [-0.3, -0.25) is 4.99 Å². The molecule has 0 amide bonds. The Kier molecular flexibility index (Phi) is 16.5. The number of nitrogens with zero attached hydrogens (tertiary/aromatic N) is 1. The maximum atomic E-state index is 8.64. The second-order valence-electron chi connectivity index (χ2n) is 4.68. The van der Waals surface area contributed by atoms with E-state index in [0.717, 1.165) is 45.1 Å². The van der Waals surface area contributed by atoms with Crippen molar-refractivity contribution in [3.8, 4) is 0 Å². The van der Waals surface area contributed by atoms with Gasteiger partial charge in [-0.15, -0.1) is 0 Å². The molecule has 0 atom stereocenters. The normalized spacial score (nSPS) is 11.7. The summed E-state index contributed by atoms with van der Waals surface area (Å²) in [6, 6.07) is 0. The van der Waals surface area contributed by atoms with E-state index in [1.165, 1.54) is 12.8 Å². The van der Waals surface area contributed by atoms with Crippen molar-refractivity contribution in [1.82, 2.24) is 10.6 Å². The largest absolute Gasteiger partial charge is 0.394 e. The van der Waals surface area contributed by atoms with Gasteiger partial charge in [0, 0.05) is 32.8 Å². The molecule has 0 bridgehead atoms. The molecule has 21 heavy (non-hydrogen) atoms. The van der Waals surface area contributed by atoms with Crippen LogP contribution >= 0.6 is 0 Å². The second-order valence-corrected chi connectivity index (χ2v) is 4.68. The molecule has 0 heterocycles. The molecule has 0 fully saturated rings. The lowest BCUT2D eigenvalue weighted by Crippen LogP contribution is -2.39. The maximum Gasteiger partial charge on any atom is 0.191 e. The standard InChI is InChI=1S/C15H33N3O3/c1-3-5-6-8-16-15(17-9-7-12-20-4-2)18-10-13-21-14-11-19/h19H,3-14H2,1-2H3,(H2,16,17,18). The monoisotopic (exact) mass is 303 g/mol. The van der Waals surface area contributed by atoms with Gasteiger partial charge in [0.05, 0.1) is 19.8 Å². The number of unbranched alkanes of at least 4 members (excludes halogenated alkanes) is 2. The average Bonchev–Trinajstić information content (AvgIpc) is 2.50. The molecule has 0 aliphatic rings. The summed E-state index contributed by atoms with van der Waals surface area (Å²) in [5, 5.41) is 15.2. The number of aliphatic hydroxyl groups is 1. The van der Waals surface area contributed by atoms with Crippen LogP contribution in [0, 0.1) is 0 Å². The first-order chi connectivity index (χ1) is 10.3. The lowest BCUT2D eigenvalue weighted by molar-refractivity contribution is 0.0957. The molecule has 0 rings (SSSR count). The molecule has 126 valence electrons. The van der Waals surface area contributed by atoms with Crippen molar-refractivity contribution < 1.29 is 14.6 Å². The van der Waals surface area contributed by atoms with E-state index in [-0.39, 0.29) is 6.61 Å². The molecule has 0 unspecified atom stereocenters. The summed E-state index contributed by atoms with van der Waals surface area (Å²) in [6.45, 7) is 9.08. The lowest BCUT2D eigenvalue weighted by Gasteiger charge is -2.12. The van der Waals surface area contributed by atoms with Crippen LogP contribution < -0.4 is 10.6 Å². The van der Waals surface area contributed by atoms with Crippen molar-refractivity contribution in [3.05, 3.63) is 0 Å². The van der Waals surface area contributed by atoms with Gasteiger partial charge in [-0.1, -0.05) is 19.8 Å². The van der Waals surface area contributed by atoms with E-state index in [4.69, 9.17) is 14.6 Å². The van der Waals surface area contributed by atoms with E-state index in [0.29, 0.717) is 19.8 Å². The van der Waals surface area contributed by atoms with Crippen molar-refractivity contribution in [2.75, 3.05) is 52.7 Å². The van der Waals surface area contributed by atoms with Gasteiger partial charge in [0.1, 0.15) is 0 Å². The van der Waals surface area contributed by atoms with Crippen molar-refractivity contribution in [1.29, 1.82) is 0 Å². The SMILES string of the molecule is CCCCCNC(=NCCCOCC)NCCOCCO. The van der Waals surface area contributed by atoms with E-state index in [2.05, 4.69) is 22.5 Å². The number of nitrogens with one attached hydrogen (secondary N) is 2. The van der Waals surface area contributed by atoms with Crippen LogP contribution in [0.4, 0.5) is 0 Å². The smallest absolute Gasteiger partial charge is 0.191 e. The summed E-state index contributed by atoms with van der Waals surface area (Å²) in [5.41, 5.74) is 0. The Hall–Kier alpha value is -0.850. The van der Waals surface area contributed by atoms with E-state index < -0.39 is 0 Å². The Labute approximate surface area is 129 Å². The summed E-state index contributed by atoms with van der Waals surface area (Å²) >= 11 is 0. The zero-order valence-corrected chi connectivity index (χ0v) is 13.7. The number of rotatable bonds is 14. The molecule has 0 aliphatic heterocycles. The quantitative estimate of drug-likeness (QED) is 0.255. The number of ether oxygens (including phenoxy) is 2. The summed E-state index contributed by atoms with van der Waals surface area (Å²) in [5.74, 6) is 0.829. The molecule has 6 heteroatoms. The Morgan fingerprint density at radius 1 is 0.952 bits per heavy atom. The molecule has 6 nitrogen and oxygen atoms in total. The highest BCUT2D eigenvalue weighted by atomic mass is 16.5. The first-order valence-electron chi connectivity index (χ1n) is 8.13. The second kappa shape index (κ2) is 17.2. The number of hydrogen-bond donors (Lipinski definition) is 3. The van der Waals surface area contributed by atoms with E-state index >= 15 is 0 Å². The fourth-order valence-electron chi connectivity index (χ4n) is 1.67. The summed E-state index contributed by atoms with van der Waals surface area (Å²) < 4.78 is 10.5. The molecular formula is C15H33N3O3. The van der Waals surface area contributed by atoms with Gasteiger partial charge in [-0.05, 0) is 19.8 Å². The Bertz CT molecular complexity index is 238. The number of guanidine groups is 1. The topological polar surface area (TPSA) is 75.1 Å². The molecular weight excluding hydrogens is 270 g/mol. The molecule has 0 aromatic carbocycles. The molecule has 0 aromatic heterocycles. The lowest BCUT2D eigenvalue weighted by atomic mass is 10.2. The fourth-order valence-corrected chi connectivity index (χ4v) is 1.67. The summed E-state index contributed by atoms with van der Waals surface area (Å²) in [4.78, 5) is 4.52. The predicted molar refractivity (Wildman–Crippen MR) is 86.8 cm³/mol. The van der Waals surface area contributed by atoms with Gasteiger partial charge < -0.3 is 25.2 Å². The maximum absolute atomic E-state index is 8.64. The third-order valence-electron chi connectivity index (χ3n) is 2.77. The third kappa shape index (κ3) is 15.4. The van der Waals surface area contributed by atoms with Crippen molar-refractivity contribution in [2.45, 2.75) is 39.5 Å². The van der Waals surface area contributed by atoms with Gasteiger partial charge in [0.2, 0.25) is 0 Å². The van der Waals surface area contributed by atoms with Gasteiger partial charge in [0.25, 0.3) is 0 Å². The molecule has 0 saturated carbocycles. The number of hydrogen-bond acceptors (Lipinski definition) is 4. The van der Waals surface area contributed by atoms with Crippen LogP contribution in [-0.2, 0) is 9.47 Å². The van der Waals surface area contributed by atoms with Gasteiger partial charge >= 0.3 is 0 Å². The Morgan fingerprint density at radius 3 is 2.48 bits per heavy atom. The zero-order chi connectivity index (χ0) is 15.6. The number of aliphatic hydroxyl groups excluding tert-OH is 1. The van der Waals surface area contributed by atoms with Crippen LogP contribution in [0.25, 0.3) is 0 Å². The molecule has 0 saturated heterocycles. The van der Waals surface area contributed by atoms with Crippen LogP contribution in [0.5, 0.6) is 0 Å². The average molecular weight is 303 g/mol. The minimum absolute atomic E-state index is 0.0631. The Morgan fingerprint density at radius 2 is 1.76 bits per heavy atom. The van der Waals surface area contributed by atoms with Crippen molar-refractivity contribution in [3.63, 3.8) is 0 Å². The molecule has 3 N–H and O–H groups in total. The fraction of sp³-hybridized carbons (Fsp3) is 0.933. The van der Waals surface area contributed by atoms with Crippen molar-refractivity contribution in [2.24, 2.45) is 4.99 Å². The summed E-state index contributed by atoms with van der Waals surface area (Å²) in [7, 11) is 0. The molecule has 0 radical (unpaired) electrons. The molecule has 0 spiro atoms. The highest BCUT2D eigenvalue weighted by Crippen LogP contribution is 1.91. The predicted octanol–water partition coefficient (Wildman–Crippen LogP) is 1.15. The van der Waals surface area contributed by atoms with Gasteiger partial charge in [-0.2, -0.15) is 0 Å². The van der Waals surface area contributed by atoms with Crippen molar-refractivity contribution >= 4 is 5.96 Å².